The number of thiophene rings is 2. The molecule has 0 fully saturated rings. The van der Waals surface area contributed by atoms with Gasteiger partial charge in [0.15, 0.2) is 0 Å². The molecule has 0 saturated carbocycles. The zero-order valence-electron chi connectivity index (χ0n) is 8.58. The summed E-state index contributed by atoms with van der Waals surface area (Å²) in [6, 6.07) is 2.24. The largest absolute Gasteiger partial charge is 0.143 e. The van der Waals surface area contributed by atoms with Crippen molar-refractivity contribution in [2.45, 2.75) is 39.0 Å². The van der Waals surface area contributed by atoms with Crippen molar-refractivity contribution in [2.24, 2.45) is 0 Å². The third kappa shape index (κ3) is 2.18. The highest BCUT2D eigenvalue weighted by molar-refractivity contribution is 7.26. The van der Waals surface area contributed by atoms with Crippen molar-refractivity contribution in [3.63, 3.8) is 0 Å². The molecule has 76 valence electrons. The van der Waals surface area contributed by atoms with Crippen molar-refractivity contribution in [1.29, 1.82) is 0 Å². The number of hydrogen-bond acceptors (Lipinski definition) is 2. The maximum absolute atomic E-state index is 2.34. The minimum Gasteiger partial charge on any atom is -0.143 e. The predicted molar refractivity (Wildman–Crippen MR) is 67.5 cm³/mol. The van der Waals surface area contributed by atoms with Crippen LogP contribution < -0.4 is 0 Å². The fraction of sp³-hybridized carbons (Fsp3) is 0.500. The SMILES string of the molecule is CCCCCCc1csc2ccsc12. The van der Waals surface area contributed by atoms with Crippen molar-refractivity contribution >= 4 is 32.1 Å². The van der Waals surface area contributed by atoms with Crippen LogP contribution in [-0.2, 0) is 6.42 Å². The van der Waals surface area contributed by atoms with Crippen LogP contribution in [0.25, 0.3) is 9.40 Å². The maximum atomic E-state index is 2.34. The lowest BCUT2D eigenvalue weighted by molar-refractivity contribution is 0.669. The Kier molecular flexibility index (Phi) is 3.60. The molecule has 0 spiro atoms. The molecule has 0 aromatic carbocycles. The van der Waals surface area contributed by atoms with E-state index in [1.807, 2.05) is 22.7 Å². The van der Waals surface area contributed by atoms with E-state index in [-0.39, 0.29) is 0 Å². The molecule has 2 heteroatoms. The van der Waals surface area contributed by atoms with Gasteiger partial charge in [-0.25, -0.2) is 0 Å². The Morgan fingerprint density at radius 2 is 2.07 bits per heavy atom. The molecule has 0 aliphatic rings. The van der Waals surface area contributed by atoms with Gasteiger partial charge >= 0.3 is 0 Å². The van der Waals surface area contributed by atoms with E-state index in [2.05, 4.69) is 23.8 Å². The Labute approximate surface area is 93.6 Å². The van der Waals surface area contributed by atoms with Crippen LogP contribution in [-0.4, -0.2) is 0 Å². The van der Waals surface area contributed by atoms with Gasteiger partial charge in [0.1, 0.15) is 0 Å². The second-order valence-electron chi connectivity index (χ2n) is 3.69. The minimum absolute atomic E-state index is 1.28. The molecule has 0 aliphatic heterocycles. The summed E-state index contributed by atoms with van der Waals surface area (Å²) in [5.74, 6) is 0. The number of rotatable bonds is 5. The molecule has 0 unspecified atom stereocenters. The third-order valence-electron chi connectivity index (χ3n) is 2.55. The Balaban J connectivity index is 1.94. The summed E-state index contributed by atoms with van der Waals surface area (Å²) in [4.78, 5) is 0. The van der Waals surface area contributed by atoms with Gasteiger partial charge < -0.3 is 0 Å². The first-order valence-electron chi connectivity index (χ1n) is 5.35. The van der Waals surface area contributed by atoms with Crippen molar-refractivity contribution in [2.75, 3.05) is 0 Å². The summed E-state index contributed by atoms with van der Waals surface area (Å²) >= 11 is 3.79. The molecule has 2 aromatic heterocycles. The molecule has 2 heterocycles. The zero-order chi connectivity index (χ0) is 9.80. The summed E-state index contributed by atoms with van der Waals surface area (Å²) in [5.41, 5.74) is 1.58. The smallest absolute Gasteiger partial charge is 0.0482 e. The highest BCUT2D eigenvalue weighted by Crippen LogP contribution is 2.31. The van der Waals surface area contributed by atoms with E-state index >= 15 is 0 Å². The standard InChI is InChI=1S/C12H16S2/c1-2-3-4-5-6-10-9-14-11-7-8-13-12(10)11/h7-9H,2-6H2,1H3. The van der Waals surface area contributed by atoms with Crippen LogP contribution in [0.5, 0.6) is 0 Å². The number of unbranched alkanes of at least 4 members (excludes halogenated alkanes) is 3. The fourth-order valence-electron chi connectivity index (χ4n) is 1.73. The van der Waals surface area contributed by atoms with Crippen molar-refractivity contribution in [1.82, 2.24) is 0 Å². The molecule has 0 nitrogen and oxygen atoms in total. The minimum atomic E-state index is 1.28. The Morgan fingerprint density at radius 3 is 2.93 bits per heavy atom. The van der Waals surface area contributed by atoms with Gasteiger partial charge in [0, 0.05) is 9.40 Å². The molecule has 0 amide bonds. The van der Waals surface area contributed by atoms with Crippen molar-refractivity contribution in [3.05, 3.63) is 22.4 Å². The monoisotopic (exact) mass is 224 g/mol. The number of fused-ring (bicyclic) bond motifs is 1. The van der Waals surface area contributed by atoms with Gasteiger partial charge in [0.05, 0.1) is 0 Å². The van der Waals surface area contributed by atoms with E-state index < -0.39 is 0 Å². The van der Waals surface area contributed by atoms with E-state index in [0.717, 1.165) is 0 Å². The van der Waals surface area contributed by atoms with Gasteiger partial charge in [-0.1, -0.05) is 26.2 Å². The highest BCUT2D eigenvalue weighted by atomic mass is 32.1. The average molecular weight is 224 g/mol. The Hall–Kier alpha value is -0.340. The summed E-state index contributed by atoms with van der Waals surface area (Å²) in [6.45, 7) is 2.27. The van der Waals surface area contributed by atoms with E-state index in [9.17, 15) is 0 Å². The predicted octanol–water partition coefficient (Wildman–Crippen LogP) is 5.09. The number of hydrogen-bond donors (Lipinski definition) is 0. The summed E-state index contributed by atoms with van der Waals surface area (Å²) < 4.78 is 3.01. The van der Waals surface area contributed by atoms with Crippen LogP contribution in [0.1, 0.15) is 38.2 Å². The molecule has 0 radical (unpaired) electrons. The zero-order valence-corrected chi connectivity index (χ0v) is 10.2. The van der Waals surface area contributed by atoms with Gasteiger partial charge in [0.2, 0.25) is 0 Å². The van der Waals surface area contributed by atoms with Gasteiger partial charge in [-0.2, -0.15) is 0 Å². The average Bonchev–Trinajstić information content (AvgIpc) is 2.75. The van der Waals surface area contributed by atoms with Crippen LogP contribution in [0.3, 0.4) is 0 Å². The van der Waals surface area contributed by atoms with Gasteiger partial charge in [-0.15, -0.1) is 22.7 Å². The van der Waals surface area contributed by atoms with E-state index in [1.54, 1.807) is 5.56 Å². The summed E-state index contributed by atoms with van der Waals surface area (Å²) in [6.07, 6.45) is 6.74. The van der Waals surface area contributed by atoms with E-state index in [4.69, 9.17) is 0 Å². The molecule has 2 rings (SSSR count). The quantitative estimate of drug-likeness (QED) is 0.621. The molecule has 14 heavy (non-hydrogen) atoms. The first kappa shape index (κ1) is 10.2. The first-order valence-corrected chi connectivity index (χ1v) is 7.11. The second-order valence-corrected chi connectivity index (χ2v) is 5.51. The van der Waals surface area contributed by atoms with Crippen molar-refractivity contribution in [3.8, 4) is 0 Å². The molecule has 0 aliphatic carbocycles. The molecular formula is C12H16S2. The molecule has 0 saturated heterocycles. The van der Waals surface area contributed by atoms with Gasteiger partial charge in [0.25, 0.3) is 0 Å². The third-order valence-corrected chi connectivity index (χ3v) is 4.66. The number of aryl methyl sites for hydroxylation is 1. The Bertz CT molecular complexity index is 384. The van der Waals surface area contributed by atoms with E-state index in [0.29, 0.717) is 0 Å². The first-order chi connectivity index (χ1) is 6.92. The van der Waals surface area contributed by atoms with Crippen LogP contribution in [0.4, 0.5) is 0 Å². The molecule has 0 bridgehead atoms. The van der Waals surface area contributed by atoms with Crippen LogP contribution in [0.15, 0.2) is 16.8 Å². The van der Waals surface area contributed by atoms with Gasteiger partial charge in [-0.3, -0.25) is 0 Å². The maximum Gasteiger partial charge on any atom is 0.0482 e. The summed E-state index contributed by atoms with van der Waals surface area (Å²) in [7, 11) is 0. The lowest BCUT2D eigenvalue weighted by Crippen LogP contribution is -1.82. The van der Waals surface area contributed by atoms with Crippen LogP contribution in [0, 0.1) is 0 Å². The lowest BCUT2D eigenvalue weighted by atomic mass is 10.1. The van der Waals surface area contributed by atoms with Crippen LogP contribution >= 0.6 is 22.7 Å². The second kappa shape index (κ2) is 4.94. The topological polar surface area (TPSA) is 0 Å². The summed E-state index contributed by atoms with van der Waals surface area (Å²) in [5, 5.41) is 4.55. The molecule has 2 aromatic rings. The van der Waals surface area contributed by atoms with Crippen molar-refractivity contribution < 1.29 is 0 Å². The Morgan fingerprint density at radius 1 is 1.14 bits per heavy atom. The highest BCUT2D eigenvalue weighted by Gasteiger charge is 2.04. The lowest BCUT2D eigenvalue weighted by Gasteiger charge is -1.97. The molecule has 0 N–H and O–H groups in total. The molecule has 0 atom stereocenters. The normalized spacial score (nSPS) is 11.2. The van der Waals surface area contributed by atoms with Crippen LogP contribution in [0.2, 0.25) is 0 Å². The van der Waals surface area contributed by atoms with Gasteiger partial charge in [-0.05, 0) is 35.2 Å². The van der Waals surface area contributed by atoms with E-state index in [1.165, 1.54) is 41.5 Å². The molecular weight excluding hydrogens is 208 g/mol. The fourth-order valence-corrected chi connectivity index (χ4v) is 3.90.